The van der Waals surface area contributed by atoms with Crippen molar-refractivity contribution in [3.63, 3.8) is 0 Å². The van der Waals surface area contributed by atoms with Crippen molar-refractivity contribution in [3.05, 3.63) is 106 Å². The van der Waals surface area contributed by atoms with Crippen molar-refractivity contribution >= 4 is 5.91 Å². The van der Waals surface area contributed by atoms with Crippen molar-refractivity contribution in [2.45, 2.75) is 26.4 Å². The topological polar surface area (TPSA) is 69.2 Å². The maximum atomic E-state index is 13.4. The number of nitrogens with one attached hydrogen (secondary N) is 1. The lowest BCUT2D eigenvalue weighted by Crippen LogP contribution is -2.29. The smallest absolute Gasteiger partial charge is 0.273 e. The van der Waals surface area contributed by atoms with Crippen LogP contribution in [-0.4, -0.2) is 26.1 Å². The van der Waals surface area contributed by atoms with Gasteiger partial charge < -0.3 is 10.0 Å². The Labute approximate surface area is 185 Å². The van der Waals surface area contributed by atoms with E-state index >= 15 is 0 Å². The van der Waals surface area contributed by atoms with Crippen LogP contribution in [0.25, 0.3) is 11.3 Å². The predicted molar refractivity (Wildman–Crippen MR) is 120 cm³/mol. The third kappa shape index (κ3) is 3.24. The first kappa shape index (κ1) is 20.0. The Balaban J connectivity index is 1.67. The van der Waals surface area contributed by atoms with Gasteiger partial charge in [0.15, 0.2) is 0 Å². The Bertz CT molecular complexity index is 1310. The number of aromatic nitrogens is 2. The van der Waals surface area contributed by atoms with Gasteiger partial charge in [-0.2, -0.15) is 5.10 Å². The zero-order valence-corrected chi connectivity index (χ0v) is 17.8. The first-order chi connectivity index (χ1) is 15.4. The molecule has 4 aromatic rings. The molecule has 0 fully saturated rings. The van der Waals surface area contributed by atoms with Gasteiger partial charge in [0.2, 0.25) is 0 Å². The number of halogens is 1. The number of H-pyrrole nitrogens is 1. The van der Waals surface area contributed by atoms with Gasteiger partial charge in [0, 0.05) is 17.7 Å². The van der Waals surface area contributed by atoms with E-state index in [4.69, 9.17) is 0 Å². The number of phenols is 1. The van der Waals surface area contributed by atoms with E-state index in [2.05, 4.69) is 10.2 Å². The van der Waals surface area contributed by atoms with Crippen LogP contribution < -0.4 is 0 Å². The minimum absolute atomic E-state index is 0.154. The Morgan fingerprint density at radius 2 is 1.78 bits per heavy atom. The molecule has 1 amide bonds. The van der Waals surface area contributed by atoms with Crippen molar-refractivity contribution in [2.24, 2.45) is 0 Å². The van der Waals surface area contributed by atoms with Crippen LogP contribution in [0, 0.1) is 19.7 Å². The van der Waals surface area contributed by atoms with Gasteiger partial charge in [0.05, 0.1) is 6.04 Å². The fourth-order valence-electron chi connectivity index (χ4n) is 4.47. The van der Waals surface area contributed by atoms with Gasteiger partial charge in [-0.1, -0.05) is 48.5 Å². The Morgan fingerprint density at radius 3 is 2.50 bits per heavy atom. The molecule has 5 nitrogen and oxygen atoms in total. The highest BCUT2D eigenvalue weighted by Crippen LogP contribution is 2.45. The van der Waals surface area contributed by atoms with E-state index in [-0.39, 0.29) is 17.5 Å². The van der Waals surface area contributed by atoms with Gasteiger partial charge >= 0.3 is 0 Å². The summed E-state index contributed by atoms with van der Waals surface area (Å²) in [6.45, 7) is 4.13. The molecule has 0 bridgehead atoms. The van der Waals surface area contributed by atoms with Gasteiger partial charge in [0.1, 0.15) is 23.0 Å². The van der Waals surface area contributed by atoms with E-state index in [0.717, 1.165) is 27.8 Å². The lowest BCUT2D eigenvalue weighted by molar-refractivity contribution is 0.0730. The molecule has 5 rings (SSSR count). The fourth-order valence-corrected chi connectivity index (χ4v) is 4.47. The van der Waals surface area contributed by atoms with Crippen molar-refractivity contribution in [1.29, 1.82) is 0 Å². The highest BCUT2D eigenvalue weighted by Gasteiger charge is 2.42. The minimum Gasteiger partial charge on any atom is -0.507 e. The third-order valence-electron chi connectivity index (χ3n) is 5.95. The average molecular weight is 427 g/mol. The number of aromatic hydroxyl groups is 1. The number of rotatable bonds is 4. The lowest BCUT2D eigenvalue weighted by atomic mass is 9.94. The predicted octanol–water partition coefficient (Wildman–Crippen LogP) is 5.28. The second-order valence-electron chi connectivity index (χ2n) is 8.21. The highest BCUT2D eigenvalue weighted by molar-refractivity contribution is 6.00. The first-order valence-electron chi connectivity index (χ1n) is 10.4. The van der Waals surface area contributed by atoms with Crippen molar-refractivity contribution in [3.8, 4) is 17.0 Å². The molecule has 160 valence electrons. The lowest BCUT2D eigenvalue weighted by Gasteiger charge is -2.26. The number of phenolic OH excluding ortho intramolecular Hbond substituents is 1. The number of nitrogens with zero attached hydrogens (tertiary/aromatic N) is 2. The Kier molecular flexibility index (Phi) is 4.78. The monoisotopic (exact) mass is 427 g/mol. The average Bonchev–Trinajstić information content (AvgIpc) is 3.32. The van der Waals surface area contributed by atoms with Gasteiger partial charge in [-0.05, 0) is 54.3 Å². The summed E-state index contributed by atoms with van der Waals surface area (Å²) in [4.78, 5) is 15.2. The molecule has 32 heavy (non-hydrogen) atoms. The molecule has 1 aliphatic rings. The molecular weight excluding hydrogens is 405 g/mol. The highest BCUT2D eigenvalue weighted by atomic mass is 19.1. The molecule has 0 spiro atoms. The van der Waals surface area contributed by atoms with E-state index in [1.54, 1.807) is 17.0 Å². The number of aryl methyl sites for hydroxylation is 2. The normalized spacial score (nSPS) is 15.3. The zero-order chi connectivity index (χ0) is 22.4. The molecular formula is C26H22FN3O2. The summed E-state index contributed by atoms with van der Waals surface area (Å²) in [6.07, 6.45) is 0. The quantitative estimate of drug-likeness (QED) is 0.465. The number of carbonyl (C=O) groups is 1. The van der Waals surface area contributed by atoms with Crippen molar-refractivity contribution in [1.82, 2.24) is 15.1 Å². The summed E-state index contributed by atoms with van der Waals surface area (Å²) in [7, 11) is 0. The molecule has 2 N–H and O–H groups in total. The minimum atomic E-state index is -0.391. The number of hydrogen-bond donors (Lipinski definition) is 2. The molecule has 2 heterocycles. The second kappa shape index (κ2) is 7.64. The molecule has 6 heteroatoms. The SMILES string of the molecule is Cc1cc(C)c(O)c(-c2n[nH]c3c2C(c2ccccc2)N(Cc2ccc(F)cc2)C3=O)c1. The Hall–Kier alpha value is -3.93. The number of benzene rings is 3. The summed E-state index contributed by atoms with van der Waals surface area (Å²) >= 11 is 0. The third-order valence-corrected chi connectivity index (χ3v) is 5.95. The van der Waals surface area contributed by atoms with E-state index in [1.165, 1.54) is 12.1 Å². The molecule has 1 aliphatic heterocycles. The Morgan fingerprint density at radius 1 is 1.06 bits per heavy atom. The summed E-state index contributed by atoms with van der Waals surface area (Å²) in [5, 5.41) is 18.1. The fraction of sp³-hybridized carbons (Fsp3) is 0.154. The maximum Gasteiger partial charge on any atom is 0.273 e. The molecule has 1 unspecified atom stereocenters. The van der Waals surface area contributed by atoms with E-state index < -0.39 is 6.04 Å². The van der Waals surface area contributed by atoms with Crippen LogP contribution in [0.4, 0.5) is 4.39 Å². The number of carbonyl (C=O) groups excluding carboxylic acids is 1. The molecule has 0 radical (unpaired) electrons. The first-order valence-corrected chi connectivity index (χ1v) is 10.4. The largest absolute Gasteiger partial charge is 0.507 e. The number of aromatic amines is 1. The van der Waals surface area contributed by atoms with Crippen LogP contribution in [0.5, 0.6) is 5.75 Å². The van der Waals surface area contributed by atoms with Crippen LogP contribution in [-0.2, 0) is 6.54 Å². The van der Waals surface area contributed by atoms with Crippen LogP contribution in [0.3, 0.4) is 0 Å². The molecule has 1 aromatic heterocycles. The van der Waals surface area contributed by atoms with Crippen LogP contribution >= 0.6 is 0 Å². The maximum absolute atomic E-state index is 13.4. The van der Waals surface area contributed by atoms with Gasteiger partial charge in [-0.3, -0.25) is 9.89 Å². The zero-order valence-electron chi connectivity index (χ0n) is 17.8. The van der Waals surface area contributed by atoms with E-state index in [1.807, 2.05) is 56.3 Å². The summed E-state index contributed by atoms with van der Waals surface area (Å²) in [5.74, 6) is -0.343. The molecule has 3 aromatic carbocycles. The number of amides is 1. The van der Waals surface area contributed by atoms with Crippen LogP contribution in [0.2, 0.25) is 0 Å². The van der Waals surface area contributed by atoms with Crippen LogP contribution in [0.1, 0.15) is 44.3 Å². The van der Waals surface area contributed by atoms with E-state index in [0.29, 0.717) is 23.5 Å². The summed E-state index contributed by atoms with van der Waals surface area (Å²) < 4.78 is 13.4. The van der Waals surface area contributed by atoms with Gasteiger partial charge in [-0.15, -0.1) is 0 Å². The molecule has 0 saturated heterocycles. The molecule has 0 saturated carbocycles. The second-order valence-corrected chi connectivity index (χ2v) is 8.21. The van der Waals surface area contributed by atoms with Crippen molar-refractivity contribution in [2.75, 3.05) is 0 Å². The van der Waals surface area contributed by atoms with E-state index in [9.17, 15) is 14.3 Å². The number of fused-ring (bicyclic) bond motifs is 1. The van der Waals surface area contributed by atoms with Crippen molar-refractivity contribution < 1.29 is 14.3 Å². The summed E-state index contributed by atoms with van der Waals surface area (Å²) in [6, 6.07) is 19.3. The van der Waals surface area contributed by atoms with Gasteiger partial charge in [-0.25, -0.2) is 4.39 Å². The van der Waals surface area contributed by atoms with Gasteiger partial charge in [0.25, 0.3) is 5.91 Å². The standard InChI is InChI=1S/C26H22FN3O2/c1-15-12-16(2)25(31)20(13-15)22-21-23(29-28-22)26(32)30(14-17-8-10-19(27)11-9-17)24(21)18-6-4-3-5-7-18/h3-13,24,31H,14H2,1-2H3,(H,28,29). The number of hydrogen-bond acceptors (Lipinski definition) is 3. The summed E-state index contributed by atoms with van der Waals surface area (Å²) in [5.41, 5.74) is 5.82. The molecule has 1 atom stereocenters. The molecule has 0 aliphatic carbocycles. The van der Waals surface area contributed by atoms with Crippen LogP contribution in [0.15, 0.2) is 66.7 Å².